The molecule has 0 radical (unpaired) electrons. The Balaban J connectivity index is 1.74. The average Bonchev–Trinajstić information content (AvgIpc) is 3.15. The van der Waals surface area contributed by atoms with E-state index >= 15 is 0 Å². The number of thiazole rings is 1. The van der Waals surface area contributed by atoms with Crippen LogP contribution in [0.25, 0.3) is 0 Å². The lowest BCUT2D eigenvalue weighted by Gasteiger charge is -2.36. The van der Waals surface area contributed by atoms with Gasteiger partial charge in [0.1, 0.15) is 5.01 Å². The molecule has 0 bridgehead atoms. The summed E-state index contributed by atoms with van der Waals surface area (Å²) in [5.41, 5.74) is 0. The fraction of sp³-hybridized carbons (Fsp3) is 0.667. The molecule has 2 saturated heterocycles. The number of carbonyl (C=O) groups excluding carboxylic acids is 2. The average molecular weight is 307 g/mol. The summed E-state index contributed by atoms with van der Waals surface area (Å²) < 4.78 is 0. The second-order valence-corrected chi connectivity index (χ2v) is 6.67. The van der Waals surface area contributed by atoms with Crippen LogP contribution in [0.2, 0.25) is 0 Å². The molecule has 2 aliphatic rings. The molecule has 0 aliphatic carbocycles. The van der Waals surface area contributed by atoms with Crippen LogP contribution in [-0.4, -0.2) is 46.2 Å². The second kappa shape index (κ2) is 6.13. The minimum atomic E-state index is -0.169. The highest BCUT2D eigenvalue weighted by Crippen LogP contribution is 2.34. The first-order valence-corrected chi connectivity index (χ1v) is 8.56. The van der Waals surface area contributed by atoms with Crippen LogP contribution in [0.15, 0.2) is 11.6 Å². The summed E-state index contributed by atoms with van der Waals surface area (Å²) >= 11 is 1.62. The summed E-state index contributed by atoms with van der Waals surface area (Å²) in [7, 11) is 0. The summed E-state index contributed by atoms with van der Waals surface area (Å²) in [6.07, 6.45) is 5.34. The Bertz CT molecular complexity index is 517. The van der Waals surface area contributed by atoms with Crippen molar-refractivity contribution >= 4 is 23.2 Å². The van der Waals surface area contributed by atoms with Gasteiger partial charge in [0.05, 0.1) is 12.0 Å². The van der Waals surface area contributed by atoms with Crippen LogP contribution in [0.1, 0.15) is 43.7 Å². The van der Waals surface area contributed by atoms with Crippen molar-refractivity contribution in [2.45, 2.75) is 38.6 Å². The van der Waals surface area contributed by atoms with Crippen molar-refractivity contribution in [1.29, 1.82) is 0 Å². The number of carbonyl (C=O) groups is 2. The third kappa shape index (κ3) is 2.81. The SMILES string of the molecule is CCN1C[C@@H](C(=O)N2CCCC[C@H]2c2nccs2)CC1=O. The zero-order valence-corrected chi connectivity index (χ0v) is 13.1. The van der Waals surface area contributed by atoms with Crippen molar-refractivity contribution in [3.05, 3.63) is 16.6 Å². The molecule has 114 valence electrons. The van der Waals surface area contributed by atoms with E-state index in [0.29, 0.717) is 19.5 Å². The number of aromatic nitrogens is 1. The maximum atomic E-state index is 12.8. The summed E-state index contributed by atoms with van der Waals surface area (Å²) in [6.45, 7) is 4.03. The van der Waals surface area contributed by atoms with Crippen LogP contribution >= 0.6 is 11.3 Å². The zero-order chi connectivity index (χ0) is 14.8. The van der Waals surface area contributed by atoms with E-state index in [1.165, 1.54) is 0 Å². The number of hydrogen-bond acceptors (Lipinski definition) is 4. The van der Waals surface area contributed by atoms with Crippen LogP contribution < -0.4 is 0 Å². The van der Waals surface area contributed by atoms with E-state index in [2.05, 4.69) is 4.98 Å². The number of nitrogens with zero attached hydrogens (tertiary/aromatic N) is 3. The highest BCUT2D eigenvalue weighted by atomic mass is 32.1. The predicted molar refractivity (Wildman–Crippen MR) is 80.8 cm³/mol. The van der Waals surface area contributed by atoms with Crippen LogP contribution in [0.5, 0.6) is 0 Å². The van der Waals surface area contributed by atoms with E-state index in [4.69, 9.17) is 0 Å². The topological polar surface area (TPSA) is 53.5 Å². The number of piperidine rings is 1. The van der Waals surface area contributed by atoms with Gasteiger partial charge in [-0.2, -0.15) is 0 Å². The lowest BCUT2D eigenvalue weighted by atomic mass is 9.99. The zero-order valence-electron chi connectivity index (χ0n) is 12.3. The van der Waals surface area contributed by atoms with Crippen molar-refractivity contribution in [2.75, 3.05) is 19.6 Å². The van der Waals surface area contributed by atoms with E-state index < -0.39 is 0 Å². The van der Waals surface area contributed by atoms with E-state index in [1.54, 1.807) is 22.4 Å². The predicted octanol–water partition coefficient (Wildman–Crippen LogP) is 2.07. The number of amides is 2. The molecule has 0 N–H and O–H groups in total. The van der Waals surface area contributed by atoms with Crippen molar-refractivity contribution in [1.82, 2.24) is 14.8 Å². The first-order chi connectivity index (χ1) is 10.2. The molecular weight excluding hydrogens is 286 g/mol. The Morgan fingerprint density at radius 3 is 3.00 bits per heavy atom. The maximum absolute atomic E-state index is 12.8. The van der Waals surface area contributed by atoms with Gasteiger partial charge in [-0.15, -0.1) is 11.3 Å². The van der Waals surface area contributed by atoms with Gasteiger partial charge in [-0.25, -0.2) is 4.98 Å². The summed E-state index contributed by atoms with van der Waals surface area (Å²) in [5, 5.41) is 2.99. The summed E-state index contributed by atoms with van der Waals surface area (Å²) in [5.74, 6) is 0.0795. The van der Waals surface area contributed by atoms with Crippen LogP contribution in [-0.2, 0) is 9.59 Å². The first-order valence-electron chi connectivity index (χ1n) is 7.68. The van der Waals surface area contributed by atoms with Gasteiger partial charge in [0.2, 0.25) is 11.8 Å². The van der Waals surface area contributed by atoms with Gasteiger partial charge in [0.15, 0.2) is 0 Å². The molecule has 2 aliphatic heterocycles. The Hall–Kier alpha value is -1.43. The normalized spacial score (nSPS) is 26.4. The monoisotopic (exact) mass is 307 g/mol. The third-order valence-corrected chi connectivity index (χ3v) is 5.34. The van der Waals surface area contributed by atoms with Gasteiger partial charge in [-0.1, -0.05) is 0 Å². The highest BCUT2D eigenvalue weighted by molar-refractivity contribution is 7.09. The van der Waals surface area contributed by atoms with Gasteiger partial charge in [0, 0.05) is 37.6 Å². The molecule has 3 rings (SSSR count). The Morgan fingerprint density at radius 1 is 1.48 bits per heavy atom. The van der Waals surface area contributed by atoms with Gasteiger partial charge < -0.3 is 9.80 Å². The van der Waals surface area contributed by atoms with Gasteiger partial charge in [-0.3, -0.25) is 9.59 Å². The molecule has 0 aromatic carbocycles. The van der Waals surface area contributed by atoms with Crippen molar-refractivity contribution in [3.8, 4) is 0 Å². The number of likely N-dealkylation sites (tertiary alicyclic amines) is 2. The Morgan fingerprint density at radius 2 is 2.33 bits per heavy atom. The van der Waals surface area contributed by atoms with Crippen molar-refractivity contribution in [3.63, 3.8) is 0 Å². The van der Waals surface area contributed by atoms with E-state index in [-0.39, 0.29) is 23.8 Å². The van der Waals surface area contributed by atoms with Gasteiger partial charge in [-0.05, 0) is 26.2 Å². The molecule has 5 nitrogen and oxygen atoms in total. The molecule has 2 fully saturated rings. The van der Waals surface area contributed by atoms with Gasteiger partial charge >= 0.3 is 0 Å². The lowest BCUT2D eigenvalue weighted by Crippen LogP contribution is -2.42. The third-order valence-electron chi connectivity index (χ3n) is 4.47. The van der Waals surface area contributed by atoms with Crippen molar-refractivity contribution < 1.29 is 9.59 Å². The van der Waals surface area contributed by atoms with E-state index in [1.807, 2.05) is 17.2 Å². The quantitative estimate of drug-likeness (QED) is 0.859. The Kier molecular flexibility index (Phi) is 4.24. The molecule has 1 aromatic heterocycles. The van der Waals surface area contributed by atoms with E-state index in [9.17, 15) is 9.59 Å². The largest absolute Gasteiger partial charge is 0.342 e. The smallest absolute Gasteiger partial charge is 0.228 e. The number of rotatable bonds is 3. The van der Waals surface area contributed by atoms with Crippen LogP contribution in [0.3, 0.4) is 0 Å². The molecule has 0 spiro atoms. The minimum Gasteiger partial charge on any atom is -0.342 e. The maximum Gasteiger partial charge on any atom is 0.228 e. The summed E-state index contributed by atoms with van der Waals surface area (Å²) in [6, 6.07) is 0.108. The molecular formula is C15H21N3O2S. The van der Waals surface area contributed by atoms with Gasteiger partial charge in [0.25, 0.3) is 0 Å². The fourth-order valence-corrected chi connectivity index (χ4v) is 4.11. The molecule has 3 heterocycles. The number of hydrogen-bond donors (Lipinski definition) is 0. The molecule has 2 amide bonds. The molecule has 6 heteroatoms. The standard InChI is InChI=1S/C15H21N3O2S/c1-2-17-10-11(9-13(17)19)15(20)18-7-4-3-5-12(18)14-16-6-8-21-14/h6,8,11-12H,2-5,7,9-10H2,1H3/t11-,12-/m0/s1. The second-order valence-electron chi connectivity index (χ2n) is 5.75. The minimum absolute atomic E-state index is 0.108. The summed E-state index contributed by atoms with van der Waals surface area (Å²) in [4.78, 5) is 32.8. The van der Waals surface area contributed by atoms with Crippen molar-refractivity contribution in [2.24, 2.45) is 5.92 Å². The molecule has 0 saturated carbocycles. The van der Waals surface area contributed by atoms with E-state index in [0.717, 1.165) is 30.8 Å². The Labute approximate surface area is 129 Å². The fourth-order valence-electron chi connectivity index (χ4n) is 3.33. The van der Waals surface area contributed by atoms with Crippen LogP contribution in [0.4, 0.5) is 0 Å². The molecule has 0 unspecified atom stereocenters. The van der Waals surface area contributed by atoms with Crippen LogP contribution in [0, 0.1) is 5.92 Å². The lowest BCUT2D eigenvalue weighted by molar-refractivity contribution is -0.139. The highest BCUT2D eigenvalue weighted by Gasteiger charge is 2.39. The molecule has 21 heavy (non-hydrogen) atoms. The molecule has 1 aromatic rings. The first kappa shape index (κ1) is 14.5. The molecule has 2 atom stereocenters.